The lowest BCUT2D eigenvalue weighted by Crippen LogP contribution is -2.11. The highest BCUT2D eigenvalue weighted by molar-refractivity contribution is 6.31. The lowest BCUT2D eigenvalue weighted by atomic mass is 10.2. The van der Waals surface area contributed by atoms with E-state index in [9.17, 15) is 13.6 Å². The van der Waals surface area contributed by atoms with Crippen LogP contribution in [0.25, 0.3) is 10.9 Å². The first-order chi connectivity index (χ1) is 7.00. The summed E-state index contributed by atoms with van der Waals surface area (Å²) in [6, 6.07) is 0.738. The Morgan fingerprint density at radius 1 is 1.33 bits per heavy atom. The van der Waals surface area contributed by atoms with E-state index in [1.165, 1.54) is 0 Å². The van der Waals surface area contributed by atoms with Crippen LogP contribution in [0.5, 0.6) is 0 Å². The number of H-pyrrole nitrogens is 1. The Morgan fingerprint density at radius 2 is 2.00 bits per heavy atom. The number of rotatable bonds is 0. The van der Waals surface area contributed by atoms with Gasteiger partial charge in [0.05, 0.1) is 5.02 Å². The number of aromatic nitrogens is 2. The predicted octanol–water partition coefficient (Wildman–Crippen LogP) is 2.51. The number of hydrogen-bond acceptors (Lipinski definition) is 2. The van der Waals surface area contributed by atoms with Gasteiger partial charge < -0.3 is 0 Å². The molecule has 1 aromatic carbocycles. The van der Waals surface area contributed by atoms with E-state index in [2.05, 4.69) is 4.98 Å². The third-order valence-electron chi connectivity index (χ3n) is 1.80. The van der Waals surface area contributed by atoms with Gasteiger partial charge >= 0.3 is 0 Å². The molecule has 0 spiro atoms. The second-order valence-corrected chi connectivity index (χ2v) is 3.50. The molecule has 7 heteroatoms. The molecule has 1 aromatic heterocycles. The van der Waals surface area contributed by atoms with Crippen molar-refractivity contribution < 1.29 is 8.78 Å². The van der Waals surface area contributed by atoms with Crippen LogP contribution < -0.4 is 5.56 Å². The van der Waals surface area contributed by atoms with Gasteiger partial charge in [0.25, 0.3) is 5.56 Å². The normalized spacial score (nSPS) is 10.9. The van der Waals surface area contributed by atoms with Crippen molar-refractivity contribution in [1.82, 2.24) is 9.97 Å². The highest BCUT2D eigenvalue weighted by atomic mass is 35.5. The van der Waals surface area contributed by atoms with Crippen LogP contribution in [0.1, 0.15) is 0 Å². The van der Waals surface area contributed by atoms with E-state index in [1.54, 1.807) is 0 Å². The number of nitrogens with zero attached hydrogens (tertiary/aromatic N) is 1. The molecule has 3 nitrogen and oxygen atoms in total. The van der Waals surface area contributed by atoms with Crippen LogP contribution in [0.15, 0.2) is 10.9 Å². The summed E-state index contributed by atoms with van der Waals surface area (Å²) in [6.07, 6.45) is 0. The molecule has 0 aliphatic carbocycles. The van der Waals surface area contributed by atoms with E-state index in [1.807, 2.05) is 4.98 Å². The smallest absolute Gasteiger partial charge is 0.262 e. The maximum absolute atomic E-state index is 13.4. The Hall–Kier alpha value is -1.20. The number of aromatic amines is 1. The molecule has 1 N–H and O–H groups in total. The van der Waals surface area contributed by atoms with Gasteiger partial charge in [-0.25, -0.2) is 13.8 Å². The molecule has 0 bridgehead atoms. The molecule has 2 aromatic rings. The molecule has 0 radical (unpaired) electrons. The van der Waals surface area contributed by atoms with E-state index in [4.69, 9.17) is 23.2 Å². The fraction of sp³-hybridized carbons (Fsp3) is 0. The molecule has 0 atom stereocenters. The molecule has 15 heavy (non-hydrogen) atoms. The van der Waals surface area contributed by atoms with E-state index in [0.29, 0.717) is 0 Å². The molecular weight excluding hydrogens is 249 g/mol. The van der Waals surface area contributed by atoms with E-state index in [-0.39, 0.29) is 5.28 Å². The Labute approximate surface area is 91.7 Å². The predicted molar refractivity (Wildman–Crippen MR) is 52.3 cm³/mol. The van der Waals surface area contributed by atoms with E-state index in [0.717, 1.165) is 6.07 Å². The molecule has 0 saturated carbocycles. The first-order valence-corrected chi connectivity index (χ1v) is 4.49. The van der Waals surface area contributed by atoms with Crippen molar-refractivity contribution >= 4 is 34.1 Å². The standard InChI is InChI=1S/C8H2Cl2F2N2O/c9-2-1-3(11)6-4(5(2)12)7(15)14-8(10)13-6/h1H,(H,13,14,15). The number of hydrogen-bond donors (Lipinski definition) is 1. The fourth-order valence-corrected chi connectivity index (χ4v) is 1.55. The summed E-state index contributed by atoms with van der Waals surface area (Å²) in [4.78, 5) is 16.8. The van der Waals surface area contributed by atoms with Crippen LogP contribution in [0.2, 0.25) is 10.3 Å². The Balaban J connectivity index is 3.10. The first-order valence-electron chi connectivity index (χ1n) is 3.73. The molecule has 0 aliphatic rings. The molecule has 0 aliphatic heterocycles. The van der Waals surface area contributed by atoms with Crippen molar-refractivity contribution in [2.45, 2.75) is 0 Å². The fourth-order valence-electron chi connectivity index (χ4n) is 1.18. The number of benzene rings is 1. The van der Waals surface area contributed by atoms with Crippen LogP contribution in [-0.4, -0.2) is 9.97 Å². The number of fused-ring (bicyclic) bond motifs is 1. The van der Waals surface area contributed by atoms with Gasteiger partial charge in [0, 0.05) is 0 Å². The van der Waals surface area contributed by atoms with Crippen molar-refractivity contribution in [2.75, 3.05) is 0 Å². The molecule has 0 amide bonds. The Bertz CT molecular complexity index is 612. The van der Waals surface area contributed by atoms with Gasteiger partial charge in [0.1, 0.15) is 10.9 Å². The largest absolute Gasteiger partial charge is 0.297 e. The maximum Gasteiger partial charge on any atom is 0.262 e. The van der Waals surface area contributed by atoms with Gasteiger partial charge in [0.2, 0.25) is 5.28 Å². The molecule has 1 heterocycles. The molecule has 0 unspecified atom stereocenters. The van der Waals surface area contributed by atoms with Crippen molar-refractivity contribution in [3.63, 3.8) is 0 Å². The van der Waals surface area contributed by atoms with Crippen LogP contribution in [-0.2, 0) is 0 Å². The Morgan fingerprint density at radius 3 is 2.67 bits per heavy atom. The van der Waals surface area contributed by atoms with Crippen molar-refractivity contribution in [3.8, 4) is 0 Å². The molecule has 0 saturated heterocycles. The summed E-state index contributed by atoms with van der Waals surface area (Å²) in [7, 11) is 0. The van der Waals surface area contributed by atoms with Crippen LogP contribution in [0.4, 0.5) is 8.78 Å². The van der Waals surface area contributed by atoms with Gasteiger partial charge in [0.15, 0.2) is 11.6 Å². The zero-order valence-electron chi connectivity index (χ0n) is 6.94. The topological polar surface area (TPSA) is 45.8 Å². The molecule has 78 valence electrons. The molecular formula is C8H2Cl2F2N2O. The minimum absolute atomic E-state index is 0.312. The average Bonchev–Trinajstić information content (AvgIpc) is 2.13. The van der Waals surface area contributed by atoms with Gasteiger partial charge in [-0.15, -0.1) is 0 Å². The molecule has 2 rings (SSSR count). The highest BCUT2D eigenvalue weighted by Crippen LogP contribution is 2.24. The zero-order chi connectivity index (χ0) is 11.2. The minimum atomic E-state index is -1.02. The zero-order valence-corrected chi connectivity index (χ0v) is 8.46. The van der Waals surface area contributed by atoms with Gasteiger partial charge in [-0.1, -0.05) is 11.6 Å². The average molecular weight is 251 g/mol. The highest BCUT2D eigenvalue weighted by Gasteiger charge is 2.15. The second-order valence-electron chi connectivity index (χ2n) is 2.73. The third-order valence-corrected chi connectivity index (χ3v) is 2.25. The van der Waals surface area contributed by atoms with Gasteiger partial charge in [-0.05, 0) is 17.7 Å². The minimum Gasteiger partial charge on any atom is -0.297 e. The van der Waals surface area contributed by atoms with Gasteiger partial charge in [-0.2, -0.15) is 0 Å². The SMILES string of the molecule is O=c1[nH]c(Cl)nc2c(F)cc(Cl)c(F)c12. The first kappa shape index (κ1) is 10.3. The summed E-state index contributed by atoms with van der Waals surface area (Å²) in [5, 5.41) is -1.33. The summed E-state index contributed by atoms with van der Waals surface area (Å²) in [6.45, 7) is 0. The van der Waals surface area contributed by atoms with Crippen LogP contribution in [0, 0.1) is 11.6 Å². The van der Waals surface area contributed by atoms with Gasteiger partial charge in [-0.3, -0.25) is 9.78 Å². The van der Waals surface area contributed by atoms with Crippen molar-refractivity contribution in [2.24, 2.45) is 0 Å². The van der Waals surface area contributed by atoms with Crippen molar-refractivity contribution in [1.29, 1.82) is 0 Å². The number of halogens is 4. The maximum atomic E-state index is 13.4. The Kier molecular flexibility index (Phi) is 2.36. The van der Waals surface area contributed by atoms with Crippen LogP contribution >= 0.6 is 23.2 Å². The van der Waals surface area contributed by atoms with E-state index >= 15 is 0 Å². The van der Waals surface area contributed by atoms with E-state index < -0.39 is 33.1 Å². The monoisotopic (exact) mass is 250 g/mol. The summed E-state index contributed by atoms with van der Waals surface area (Å²) in [5.74, 6) is -1.91. The lowest BCUT2D eigenvalue weighted by Gasteiger charge is -2.01. The third kappa shape index (κ3) is 1.57. The quantitative estimate of drug-likeness (QED) is 0.577. The summed E-state index contributed by atoms with van der Waals surface area (Å²) in [5.41, 5.74) is -1.31. The van der Waals surface area contributed by atoms with Crippen molar-refractivity contribution in [3.05, 3.63) is 38.4 Å². The van der Waals surface area contributed by atoms with Crippen LogP contribution in [0.3, 0.4) is 0 Å². The lowest BCUT2D eigenvalue weighted by molar-refractivity contribution is 0.614. The molecule has 0 fully saturated rings. The second kappa shape index (κ2) is 3.43. The summed E-state index contributed by atoms with van der Waals surface area (Å²) < 4.78 is 26.6. The number of nitrogens with one attached hydrogen (secondary N) is 1. The summed E-state index contributed by atoms with van der Waals surface area (Å²) >= 11 is 10.8.